The van der Waals surface area contributed by atoms with E-state index in [1.165, 1.54) is 18.4 Å². The van der Waals surface area contributed by atoms with Gasteiger partial charge in [0, 0.05) is 37.3 Å². The van der Waals surface area contributed by atoms with Gasteiger partial charge in [0.2, 0.25) is 0 Å². The SMILES string of the molecule is COC(=O)c1cc(C(=O)N2CCN(C)CC2)cc(-c2cc(Cl)sc2Cl)c1. The van der Waals surface area contributed by atoms with E-state index in [-0.39, 0.29) is 5.91 Å². The number of carbonyl (C=O) groups excluding carboxylic acids is 2. The average molecular weight is 413 g/mol. The first-order valence-corrected chi connectivity index (χ1v) is 9.62. The number of halogens is 2. The van der Waals surface area contributed by atoms with Crippen LogP contribution in [0.15, 0.2) is 24.3 Å². The lowest BCUT2D eigenvalue weighted by atomic mass is 10.0. The van der Waals surface area contributed by atoms with Crippen LogP contribution in [-0.2, 0) is 4.74 Å². The Balaban J connectivity index is 2.01. The van der Waals surface area contributed by atoms with E-state index in [1.54, 1.807) is 29.2 Å². The van der Waals surface area contributed by atoms with Gasteiger partial charge in [0.05, 0.1) is 17.0 Å². The number of piperazine rings is 1. The van der Waals surface area contributed by atoms with Gasteiger partial charge >= 0.3 is 5.97 Å². The van der Waals surface area contributed by atoms with Gasteiger partial charge in [0.1, 0.15) is 4.34 Å². The molecule has 0 radical (unpaired) electrons. The lowest BCUT2D eigenvalue weighted by molar-refractivity contribution is 0.0600. The van der Waals surface area contributed by atoms with Crippen LogP contribution in [0.5, 0.6) is 0 Å². The first-order chi connectivity index (χ1) is 12.4. The molecule has 138 valence electrons. The number of benzene rings is 1. The molecule has 0 atom stereocenters. The summed E-state index contributed by atoms with van der Waals surface area (Å²) in [6.45, 7) is 2.94. The molecule has 0 spiro atoms. The Kier molecular flexibility index (Phi) is 5.87. The molecule has 1 fully saturated rings. The summed E-state index contributed by atoms with van der Waals surface area (Å²) >= 11 is 13.5. The first-order valence-electron chi connectivity index (χ1n) is 8.05. The van der Waals surface area contributed by atoms with E-state index in [1.807, 2.05) is 7.05 Å². The van der Waals surface area contributed by atoms with Gasteiger partial charge in [-0.25, -0.2) is 4.79 Å². The van der Waals surface area contributed by atoms with Crippen molar-refractivity contribution >= 4 is 46.4 Å². The Labute approximate surface area is 166 Å². The number of nitrogens with zero attached hydrogens (tertiary/aromatic N) is 2. The topological polar surface area (TPSA) is 49.9 Å². The zero-order chi connectivity index (χ0) is 18.8. The van der Waals surface area contributed by atoms with Crippen LogP contribution in [-0.4, -0.2) is 62.0 Å². The predicted octanol–water partition coefficient (Wildman–Crippen LogP) is 3.90. The molecule has 26 heavy (non-hydrogen) atoms. The molecule has 0 aliphatic carbocycles. The molecule has 3 rings (SSSR count). The minimum atomic E-state index is -0.503. The highest BCUT2D eigenvalue weighted by Crippen LogP contribution is 2.39. The molecule has 8 heteroatoms. The van der Waals surface area contributed by atoms with Crippen LogP contribution in [0.2, 0.25) is 8.67 Å². The van der Waals surface area contributed by atoms with E-state index >= 15 is 0 Å². The van der Waals surface area contributed by atoms with Gasteiger partial charge in [-0.1, -0.05) is 23.2 Å². The van der Waals surface area contributed by atoms with Crippen LogP contribution >= 0.6 is 34.5 Å². The second-order valence-corrected chi connectivity index (χ2v) is 8.41. The van der Waals surface area contributed by atoms with Gasteiger partial charge < -0.3 is 14.5 Å². The van der Waals surface area contributed by atoms with Crippen LogP contribution in [0.1, 0.15) is 20.7 Å². The van der Waals surface area contributed by atoms with Crippen molar-refractivity contribution in [3.8, 4) is 11.1 Å². The number of carbonyl (C=O) groups is 2. The van der Waals surface area contributed by atoms with Crippen molar-refractivity contribution in [3.05, 3.63) is 44.1 Å². The maximum Gasteiger partial charge on any atom is 0.337 e. The van der Waals surface area contributed by atoms with Crippen molar-refractivity contribution in [1.29, 1.82) is 0 Å². The second-order valence-electron chi connectivity index (χ2n) is 6.12. The molecule has 2 aromatic rings. The molecule has 1 aliphatic heterocycles. The molecule has 1 amide bonds. The van der Waals surface area contributed by atoms with Gasteiger partial charge in [-0.2, -0.15) is 0 Å². The average Bonchev–Trinajstić information content (AvgIpc) is 2.99. The number of hydrogen-bond donors (Lipinski definition) is 0. The standard InChI is InChI=1S/C18H18Cl2N2O3S/c1-21-3-5-22(6-4-21)17(23)12-7-11(8-13(9-12)18(24)25-2)14-10-15(19)26-16(14)20/h7-10H,3-6H2,1-2H3. The summed E-state index contributed by atoms with van der Waals surface area (Å²) in [5, 5.41) is 0. The molecular formula is C18H18Cl2N2O3S. The van der Waals surface area contributed by atoms with E-state index < -0.39 is 5.97 Å². The molecule has 0 saturated carbocycles. The van der Waals surface area contributed by atoms with E-state index in [0.717, 1.165) is 13.1 Å². The van der Waals surface area contributed by atoms with Crippen LogP contribution in [0.3, 0.4) is 0 Å². The molecule has 2 heterocycles. The van der Waals surface area contributed by atoms with E-state index in [2.05, 4.69) is 4.90 Å². The predicted molar refractivity (Wildman–Crippen MR) is 105 cm³/mol. The monoisotopic (exact) mass is 412 g/mol. The molecule has 0 unspecified atom stereocenters. The van der Waals surface area contributed by atoms with Crippen LogP contribution < -0.4 is 0 Å². The number of methoxy groups -OCH3 is 1. The van der Waals surface area contributed by atoms with Crippen molar-refractivity contribution in [2.75, 3.05) is 40.3 Å². The molecule has 0 bridgehead atoms. The molecular weight excluding hydrogens is 395 g/mol. The Morgan fingerprint density at radius 1 is 1.04 bits per heavy atom. The third kappa shape index (κ3) is 4.04. The number of hydrogen-bond acceptors (Lipinski definition) is 5. The Morgan fingerprint density at radius 2 is 1.69 bits per heavy atom. The summed E-state index contributed by atoms with van der Waals surface area (Å²) < 4.78 is 5.88. The number of rotatable bonds is 3. The number of ether oxygens (including phenoxy) is 1. The summed E-state index contributed by atoms with van der Waals surface area (Å²) in [4.78, 5) is 29.0. The number of thiophene rings is 1. The maximum atomic E-state index is 12.9. The van der Waals surface area contributed by atoms with Crippen molar-refractivity contribution in [1.82, 2.24) is 9.80 Å². The van der Waals surface area contributed by atoms with Crippen LogP contribution in [0.4, 0.5) is 0 Å². The summed E-state index contributed by atoms with van der Waals surface area (Å²) in [5.74, 6) is -0.612. The van der Waals surface area contributed by atoms with Gasteiger partial charge in [0.15, 0.2) is 0 Å². The highest BCUT2D eigenvalue weighted by molar-refractivity contribution is 7.20. The van der Waals surface area contributed by atoms with E-state index in [9.17, 15) is 9.59 Å². The maximum absolute atomic E-state index is 12.9. The molecule has 0 N–H and O–H groups in total. The second kappa shape index (κ2) is 7.96. The Bertz CT molecular complexity index is 845. The molecule has 1 aliphatic rings. The normalized spacial score (nSPS) is 15.2. The fourth-order valence-corrected chi connectivity index (χ4v) is 4.38. The zero-order valence-corrected chi connectivity index (χ0v) is 16.7. The minimum absolute atomic E-state index is 0.109. The lowest BCUT2D eigenvalue weighted by Gasteiger charge is -2.32. The van der Waals surface area contributed by atoms with Crippen molar-refractivity contribution in [2.45, 2.75) is 0 Å². The third-order valence-electron chi connectivity index (χ3n) is 4.36. The van der Waals surface area contributed by atoms with E-state index in [4.69, 9.17) is 27.9 Å². The summed E-state index contributed by atoms with van der Waals surface area (Å²) in [6.07, 6.45) is 0. The largest absolute Gasteiger partial charge is 0.465 e. The molecule has 1 aromatic carbocycles. The van der Waals surface area contributed by atoms with Crippen molar-refractivity contribution in [3.63, 3.8) is 0 Å². The fourth-order valence-electron chi connectivity index (χ4n) is 2.87. The fraction of sp³-hybridized carbons (Fsp3) is 0.333. The van der Waals surface area contributed by atoms with Crippen molar-refractivity contribution in [2.24, 2.45) is 0 Å². The van der Waals surface area contributed by atoms with E-state index in [0.29, 0.717) is 44.0 Å². The lowest BCUT2D eigenvalue weighted by Crippen LogP contribution is -2.47. The minimum Gasteiger partial charge on any atom is -0.465 e. The highest BCUT2D eigenvalue weighted by Gasteiger charge is 2.23. The molecule has 1 aromatic heterocycles. The number of amides is 1. The van der Waals surface area contributed by atoms with Gasteiger partial charge in [-0.3, -0.25) is 4.79 Å². The summed E-state index contributed by atoms with van der Waals surface area (Å²) in [5.41, 5.74) is 2.10. The quantitative estimate of drug-likeness (QED) is 0.717. The van der Waals surface area contributed by atoms with Crippen molar-refractivity contribution < 1.29 is 14.3 Å². The summed E-state index contributed by atoms with van der Waals surface area (Å²) in [7, 11) is 3.34. The Morgan fingerprint density at radius 3 is 2.27 bits per heavy atom. The molecule has 5 nitrogen and oxygen atoms in total. The number of esters is 1. The van der Waals surface area contributed by atoms with Crippen LogP contribution in [0, 0.1) is 0 Å². The highest BCUT2D eigenvalue weighted by atomic mass is 35.5. The van der Waals surface area contributed by atoms with Gasteiger partial charge in [-0.15, -0.1) is 11.3 Å². The third-order valence-corrected chi connectivity index (χ3v) is 5.85. The van der Waals surface area contributed by atoms with Gasteiger partial charge in [-0.05, 0) is 36.9 Å². The zero-order valence-electron chi connectivity index (χ0n) is 14.4. The van der Waals surface area contributed by atoms with Gasteiger partial charge in [0.25, 0.3) is 5.91 Å². The Hall–Kier alpha value is -1.60. The first kappa shape index (κ1) is 19.2. The smallest absolute Gasteiger partial charge is 0.337 e. The summed E-state index contributed by atoms with van der Waals surface area (Å²) in [6, 6.07) is 6.71. The number of likely N-dealkylation sites (N-methyl/N-ethyl adjacent to an activating group) is 1. The molecule has 1 saturated heterocycles. The van der Waals surface area contributed by atoms with Crippen LogP contribution in [0.25, 0.3) is 11.1 Å².